The third kappa shape index (κ3) is 3.51. The maximum atomic E-state index is 13.8. The smallest absolute Gasteiger partial charge is 0.229 e. The molecule has 1 aliphatic heterocycles. The van der Waals surface area contributed by atoms with Crippen molar-refractivity contribution in [3.05, 3.63) is 54.1 Å². The Morgan fingerprint density at radius 1 is 1.08 bits per heavy atom. The van der Waals surface area contributed by atoms with Crippen LogP contribution in [0.3, 0.4) is 0 Å². The lowest BCUT2D eigenvalue weighted by Crippen LogP contribution is -2.25. The number of amides is 2. The molecule has 3 rings (SSSR count). The molecule has 2 aromatic carbocycles. The normalized spacial score (nSPS) is 16.6. The van der Waals surface area contributed by atoms with Gasteiger partial charge in [0.2, 0.25) is 11.8 Å². The zero-order chi connectivity index (χ0) is 17.1. The Morgan fingerprint density at radius 3 is 2.58 bits per heavy atom. The summed E-state index contributed by atoms with van der Waals surface area (Å²) in [7, 11) is 0. The van der Waals surface area contributed by atoms with E-state index in [1.165, 1.54) is 30.3 Å². The van der Waals surface area contributed by atoms with Gasteiger partial charge in [0.15, 0.2) is 0 Å². The number of halogens is 2. The first kappa shape index (κ1) is 15.9. The van der Waals surface area contributed by atoms with Gasteiger partial charge in [-0.3, -0.25) is 9.59 Å². The van der Waals surface area contributed by atoms with E-state index >= 15 is 0 Å². The quantitative estimate of drug-likeness (QED) is 0.807. The summed E-state index contributed by atoms with van der Waals surface area (Å²) in [5.41, 5.74) is 0.700. The number of hydrogen-bond donors (Lipinski definition) is 3. The molecule has 2 amide bonds. The fourth-order valence-electron chi connectivity index (χ4n) is 2.46. The molecule has 5 nitrogen and oxygen atoms in total. The average Bonchev–Trinajstić information content (AvgIpc) is 2.99. The maximum Gasteiger partial charge on any atom is 0.229 e. The minimum atomic E-state index is -0.524. The number of benzene rings is 2. The van der Waals surface area contributed by atoms with Crippen LogP contribution in [-0.2, 0) is 9.59 Å². The van der Waals surface area contributed by atoms with Gasteiger partial charge in [-0.15, -0.1) is 0 Å². The Labute approximate surface area is 137 Å². The van der Waals surface area contributed by atoms with Crippen LogP contribution in [0.4, 0.5) is 25.8 Å². The third-order valence-corrected chi connectivity index (χ3v) is 3.73. The van der Waals surface area contributed by atoms with E-state index in [-0.39, 0.29) is 36.2 Å². The lowest BCUT2D eigenvalue weighted by Gasteiger charge is -2.15. The van der Waals surface area contributed by atoms with Crippen LogP contribution < -0.4 is 16.0 Å². The molecule has 1 saturated heterocycles. The Hall–Kier alpha value is -2.96. The summed E-state index contributed by atoms with van der Waals surface area (Å²) in [4.78, 5) is 23.4. The number of carbonyl (C=O) groups is 2. The molecule has 0 saturated carbocycles. The maximum absolute atomic E-state index is 13.8. The van der Waals surface area contributed by atoms with Crippen LogP contribution in [0.1, 0.15) is 6.42 Å². The molecule has 0 bridgehead atoms. The Morgan fingerprint density at radius 2 is 1.88 bits per heavy atom. The number of para-hydroxylation sites is 1. The van der Waals surface area contributed by atoms with Gasteiger partial charge in [-0.2, -0.15) is 0 Å². The van der Waals surface area contributed by atoms with Crippen LogP contribution in [0.25, 0.3) is 0 Å². The highest BCUT2D eigenvalue weighted by Gasteiger charge is 2.28. The summed E-state index contributed by atoms with van der Waals surface area (Å²) in [6, 6.07) is 9.71. The SMILES string of the molecule is O=C1CC(C(=O)Nc2ccc(F)cc2Nc2ccccc2F)CN1. The van der Waals surface area contributed by atoms with Gasteiger partial charge in [-0.25, -0.2) is 8.78 Å². The highest BCUT2D eigenvalue weighted by Crippen LogP contribution is 2.28. The molecule has 1 unspecified atom stereocenters. The minimum absolute atomic E-state index is 0.114. The second-order valence-corrected chi connectivity index (χ2v) is 5.49. The molecule has 0 radical (unpaired) electrons. The van der Waals surface area contributed by atoms with Crippen LogP contribution >= 0.6 is 0 Å². The van der Waals surface area contributed by atoms with Crippen molar-refractivity contribution in [3.8, 4) is 0 Å². The molecule has 0 aliphatic carbocycles. The summed E-state index contributed by atoms with van der Waals surface area (Å²) in [6.45, 7) is 0.266. The lowest BCUT2D eigenvalue weighted by atomic mass is 10.1. The highest BCUT2D eigenvalue weighted by molar-refractivity contribution is 5.99. The van der Waals surface area contributed by atoms with Gasteiger partial charge in [0.1, 0.15) is 11.6 Å². The fraction of sp³-hybridized carbons (Fsp3) is 0.176. The van der Waals surface area contributed by atoms with E-state index in [2.05, 4.69) is 16.0 Å². The van der Waals surface area contributed by atoms with Crippen molar-refractivity contribution in [1.82, 2.24) is 5.32 Å². The first-order valence-electron chi connectivity index (χ1n) is 7.41. The monoisotopic (exact) mass is 331 g/mol. The molecule has 1 aliphatic rings. The van der Waals surface area contributed by atoms with E-state index in [9.17, 15) is 18.4 Å². The van der Waals surface area contributed by atoms with Gasteiger partial charge >= 0.3 is 0 Å². The van der Waals surface area contributed by atoms with E-state index in [0.717, 1.165) is 0 Å². The molecular weight excluding hydrogens is 316 g/mol. The Bertz CT molecular complexity index is 795. The molecule has 0 spiro atoms. The number of anilines is 3. The predicted molar refractivity (Wildman–Crippen MR) is 85.8 cm³/mol. The van der Waals surface area contributed by atoms with Crippen molar-refractivity contribution in [2.24, 2.45) is 5.92 Å². The summed E-state index contributed by atoms with van der Waals surface area (Å²) >= 11 is 0. The standard InChI is InChI=1S/C17H15F2N3O2/c18-11-5-6-14(22-17(24)10-7-16(23)20-9-10)15(8-11)21-13-4-2-1-3-12(13)19/h1-6,8,10,21H,7,9H2,(H,20,23)(H,22,24). The average molecular weight is 331 g/mol. The largest absolute Gasteiger partial charge is 0.355 e. The van der Waals surface area contributed by atoms with Crippen LogP contribution in [0.15, 0.2) is 42.5 Å². The fourth-order valence-corrected chi connectivity index (χ4v) is 2.46. The van der Waals surface area contributed by atoms with Crippen molar-refractivity contribution in [1.29, 1.82) is 0 Å². The number of carbonyl (C=O) groups excluding carboxylic acids is 2. The molecule has 24 heavy (non-hydrogen) atoms. The van der Waals surface area contributed by atoms with E-state index < -0.39 is 17.6 Å². The molecular formula is C17H15F2N3O2. The van der Waals surface area contributed by atoms with Gasteiger partial charge in [0.05, 0.1) is 23.0 Å². The molecule has 1 heterocycles. The van der Waals surface area contributed by atoms with Crippen molar-refractivity contribution in [2.75, 3.05) is 17.2 Å². The first-order valence-corrected chi connectivity index (χ1v) is 7.41. The molecule has 3 N–H and O–H groups in total. The number of rotatable bonds is 4. The zero-order valence-electron chi connectivity index (χ0n) is 12.6. The number of nitrogens with one attached hydrogen (secondary N) is 3. The molecule has 1 fully saturated rings. The van der Waals surface area contributed by atoms with Crippen LogP contribution in [0.2, 0.25) is 0 Å². The van der Waals surface area contributed by atoms with Crippen LogP contribution in [0, 0.1) is 17.6 Å². The number of hydrogen-bond acceptors (Lipinski definition) is 3. The van der Waals surface area contributed by atoms with Crippen LogP contribution in [0.5, 0.6) is 0 Å². The second-order valence-electron chi connectivity index (χ2n) is 5.49. The predicted octanol–water partition coefficient (Wildman–Crippen LogP) is 2.78. The first-order chi connectivity index (χ1) is 11.5. The van der Waals surface area contributed by atoms with Crippen LogP contribution in [-0.4, -0.2) is 18.4 Å². The minimum Gasteiger partial charge on any atom is -0.355 e. The van der Waals surface area contributed by atoms with Crippen molar-refractivity contribution in [3.63, 3.8) is 0 Å². The Kier molecular flexibility index (Phi) is 4.41. The van der Waals surface area contributed by atoms with E-state index in [4.69, 9.17) is 0 Å². The van der Waals surface area contributed by atoms with Gasteiger partial charge < -0.3 is 16.0 Å². The highest BCUT2D eigenvalue weighted by atomic mass is 19.1. The van der Waals surface area contributed by atoms with E-state index in [0.29, 0.717) is 5.69 Å². The zero-order valence-corrected chi connectivity index (χ0v) is 12.6. The van der Waals surface area contributed by atoms with Crippen molar-refractivity contribution >= 4 is 28.9 Å². The molecule has 1 atom stereocenters. The topological polar surface area (TPSA) is 70.2 Å². The molecule has 2 aromatic rings. The summed E-state index contributed by atoms with van der Waals surface area (Å²) in [5.74, 6) is -2.03. The Balaban J connectivity index is 1.82. The van der Waals surface area contributed by atoms with Gasteiger partial charge in [0, 0.05) is 13.0 Å². The van der Waals surface area contributed by atoms with Crippen molar-refractivity contribution in [2.45, 2.75) is 6.42 Å². The summed E-state index contributed by atoms with van der Waals surface area (Å²) in [5, 5.41) is 8.01. The summed E-state index contributed by atoms with van der Waals surface area (Å²) < 4.78 is 27.3. The van der Waals surface area contributed by atoms with Crippen molar-refractivity contribution < 1.29 is 18.4 Å². The lowest BCUT2D eigenvalue weighted by molar-refractivity contribution is -0.123. The van der Waals surface area contributed by atoms with E-state index in [1.807, 2.05) is 0 Å². The van der Waals surface area contributed by atoms with Gasteiger partial charge in [0.25, 0.3) is 0 Å². The molecule has 0 aromatic heterocycles. The van der Waals surface area contributed by atoms with Gasteiger partial charge in [-0.1, -0.05) is 12.1 Å². The second kappa shape index (κ2) is 6.66. The summed E-state index contributed by atoms with van der Waals surface area (Å²) in [6.07, 6.45) is 0.114. The molecule has 7 heteroatoms. The van der Waals surface area contributed by atoms with Gasteiger partial charge in [-0.05, 0) is 30.3 Å². The third-order valence-electron chi connectivity index (χ3n) is 3.73. The van der Waals surface area contributed by atoms with E-state index in [1.54, 1.807) is 12.1 Å². The molecule has 124 valence electrons.